The van der Waals surface area contributed by atoms with Crippen LogP contribution in [-0.2, 0) is 14.3 Å². The topological polar surface area (TPSA) is 95.9 Å². The molecule has 0 aromatic carbocycles. The van der Waals surface area contributed by atoms with Gasteiger partial charge in [-0.1, -0.05) is 200 Å². The number of carbonyl (C=O) groups excluding carboxylic acids is 2. The number of aliphatic hydroxyl groups excluding tert-OH is 2. The number of carbonyl (C=O) groups is 2. The van der Waals surface area contributed by atoms with Crippen LogP contribution in [0.1, 0.15) is 239 Å². The molecular formula is C43H85NO5. The summed E-state index contributed by atoms with van der Waals surface area (Å²) in [6, 6.07) is -0.554. The van der Waals surface area contributed by atoms with Gasteiger partial charge in [-0.2, -0.15) is 0 Å². The van der Waals surface area contributed by atoms with Gasteiger partial charge in [-0.05, 0) is 25.7 Å². The molecule has 0 saturated carbocycles. The Morgan fingerprint density at radius 1 is 0.490 bits per heavy atom. The molecule has 292 valence electrons. The van der Waals surface area contributed by atoms with Crippen LogP contribution in [0.25, 0.3) is 0 Å². The molecule has 6 heteroatoms. The molecule has 6 nitrogen and oxygen atoms in total. The van der Waals surface area contributed by atoms with Crippen molar-refractivity contribution in [2.75, 3.05) is 13.2 Å². The van der Waals surface area contributed by atoms with E-state index in [4.69, 9.17) is 4.74 Å². The quantitative estimate of drug-likeness (QED) is 0.0438. The zero-order valence-corrected chi connectivity index (χ0v) is 32.9. The largest absolute Gasteiger partial charge is 0.466 e. The lowest BCUT2D eigenvalue weighted by Gasteiger charge is -2.22. The van der Waals surface area contributed by atoms with Crippen molar-refractivity contribution in [3.63, 3.8) is 0 Å². The van der Waals surface area contributed by atoms with Gasteiger partial charge >= 0.3 is 5.97 Å². The van der Waals surface area contributed by atoms with E-state index in [0.29, 0.717) is 25.9 Å². The van der Waals surface area contributed by atoms with Gasteiger partial charge in [0, 0.05) is 12.8 Å². The second-order valence-corrected chi connectivity index (χ2v) is 15.0. The average molecular weight is 696 g/mol. The summed E-state index contributed by atoms with van der Waals surface area (Å²) >= 11 is 0. The lowest BCUT2D eigenvalue weighted by atomic mass is 10.0. The van der Waals surface area contributed by atoms with Crippen molar-refractivity contribution < 1.29 is 24.5 Å². The molecule has 0 saturated heterocycles. The van der Waals surface area contributed by atoms with Crippen LogP contribution in [0, 0.1) is 0 Å². The van der Waals surface area contributed by atoms with Gasteiger partial charge in [0.2, 0.25) is 5.91 Å². The number of hydrogen-bond donors (Lipinski definition) is 3. The van der Waals surface area contributed by atoms with Crippen LogP contribution in [0.5, 0.6) is 0 Å². The van der Waals surface area contributed by atoms with Crippen molar-refractivity contribution in [3.8, 4) is 0 Å². The first kappa shape index (κ1) is 47.9. The minimum Gasteiger partial charge on any atom is -0.466 e. The maximum Gasteiger partial charge on any atom is 0.305 e. The van der Waals surface area contributed by atoms with E-state index in [2.05, 4.69) is 19.2 Å². The van der Waals surface area contributed by atoms with Crippen LogP contribution >= 0.6 is 0 Å². The Hall–Kier alpha value is -1.14. The maximum atomic E-state index is 12.4. The Morgan fingerprint density at radius 3 is 1.24 bits per heavy atom. The monoisotopic (exact) mass is 696 g/mol. The second-order valence-electron chi connectivity index (χ2n) is 15.0. The van der Waals surface area contributed by atoms with Crippen molar-refractivity contribution in [3.05, 3.63) is 0 Å². The summed E-state index contributed by atoms with van der Waals surface area (Å²) in [7, 11) is 0. The van der Waals surface area contributed by atoms with E-state index in [1.165, 1.54) is 148 Å². The molecule has 2 atom stereocenters. The first-order valence-corrected chi connectivity index (χ1v) is 21.8. The number of nitrogens with one attached hydrogen (secondary N) is 1. The molecule has 0 aromatic heterocycles. The lowest BCUT2D eigenvalue weighted by molar-refractivity contribution is -0.143. The molecule has 0 rings (SSSR count). The lowest BCUT2D eigenvalue weighted by Crippen LogP contribution is -2.45. The summed E-state index contributed by atoms with van der Waals surface area (Å²) in [6.07, 6.45) is 40.5. The molecule has 0 heterocycles. The zero-order chi connectivity index (χ0) is 35.9. The Morgan fingerprint density at radius 2 is 0.837 bits per heavy atom. The number of ether oxygens (including phenoxy) is 1. The molecule has 0 aliphatic heterocycles. The van der Waals surface area contributed by atoms with Gasteiger partial charge in [0.1, 0.15) is 0 Å². The van der Waals surface area contributed by atoms with Crippen LogP contribution in [0.2, 0.25) is 0 Å². The number of aliphatic hydroxyl groups is 2. The standard InChI is InChI=1S/C43H85NO5/c1-3-5-7-9-11-13-15-19-23-27-31-35-41(46)40(39-45)44-42(47)36-32-28-24-20-17-18-22-26-30-34-38-49-43(48)37-33-29-25-21-16-14-12-10-8-6-4-2/h40-41,45-46H,3-39H2,1-2H3,(H,44,47). The molecule has 0 fully saturated rings. The van der Waals surface area contributed by atoms with E-state index in [9.17, 15) is 19.8 Å². The summed E-state index contributed by atoms with van der Waals surface area (Å²) in [5.74, 6) is -0.0779. The fraction of sp³-hybridized carbons (Fsp3) is 0.953. The highest BCUT2D eigenvalue weighted by Gasteiger charge is 2.20. The van der Waals surface area contributed by atoms with E-state index >= 15 is 0 Å². The Bertz CT molecular complexity index is 687. The highest BCUT2D eigenvalue weighted by molar-refractivity contribution is 5.76. The molecular weight excluding hydrogens is 610 g/mol. The highest BCUT2D eigenvalue weighted by atomic mass is 16.5. The Kier molecular flexibility index (Phi) is 38.7. The summed E-state index contributed by atoms with van der Waals surface area (Å²) in [6.45, 7) is 4.88. The van der Waals surface area contributed by atoms with Gasteiger partial charge in [-0.15, -0.1) is 0 Å². The first-order valence-electron chi connectivity index (χ1n) is 21.8. The molecule has 0 aliphatic rings. The third kappa shape index (κ3) is 36.5. The van der Waals surface area contributed by atoms with Crippen molar-refractivity contribution in [1.82, 2.24) is 5.32 Å². The number of esters is 1. The summed E-state index contributed by atoms with van der Waals surface area (Å²) in [5, 5.41) is 23.0. The Balaban J connectivity index is 3.48. The summed E-state index contributed by atoms with van der Waals surface area (Å²) in [4.78, 5) is 24.3. The molecule has 0 spiro atoms. The van der Waals surface area contributed by atoms with E-state index in [1.54, 1.807) is 0 Å². The Labute approximate surface area is 305 Å². The van der Waals surface area contributed by atoms with Crippen LogP contribution in [-0.4, -0.2) is 47.4 Å². The zero-order valence-electron chi connectivity index (χ0n) is 32.9. The maximum absolute atomic E-state index is 12.4. The van der Waals surface area contributed by atoms with Crippen LogP contribution in [0.3, 0.4) is 0 Å². The average Bonchev–Trinajstić information content (AvgIpc) is 3.10. The predicted octanol–water partition coefficient (Wildman–Crippen LogP) is 12.1. The van der Waals surface area contributed by atoms with Crippen molar-refractivity contribution in [1.29, 1.82) is 0 Å². The van der Waals surface area contributed by atoms with Gasteiger partial charge in [-0.25, -0.2) is 0 Å². The van der Waals surface area contributed by atoms with Gasteiger partial charge in [-0.3, -0.25) is 9.59 Å². The summed E-state index contributed by atoms with van der Waals surface area (Å²) < 4.78 is 5.42. The fourth-order valence-corrected chi connectivity index (χ4v) is 6.75. The highest BCUT2D eigenvalue weighted by Crippen LogP contribution is 2.15. The normalized spacial score (nSPS) is 12.7. The van der Waals surface area contributed by atoms with Crippen LogP contribution in [0.15, 0.2) is 0 Å². The van der Waals surface area contributed by atoms with E-state index < -0.39 is 12.1 Å². The molecule has 2 unspecified atom stereocenters. The van der Waals surface area contributed by atoms with Gasteiger partial charge in [0.25, 0.3) is 0 Å². The first-order chi connectivity index (χ1) is 24.0. The van der Waals surface area contributed by atoms with Crippen molar-refractivity contribution in [2.45, 2.75) is 251 Å². The molecule has 0 radical (unpaired) electrons. The number of rotatable bonds is 40. The van der Waals surface area contributed by atoms with Gasteiger partial charge < -0.3 is 20.3 Å². The third-order valence-electron chi connectivity index (χ3n) is 10.2. The van der Waals surface area contributed by atoms with E-state index in [-0.39, 0.29) is 18.5 Å². The van der Waals surface area contributed by atoms with Crippen molar-refractivity contribution in [2.24, 2.45) is 0 Å². The molecule has 0 aromatic rings. The number of amides is 1. The number of hydrogen-bond acceptors (Lipinski definition) is 5. The molecule has 0 aliphatic carbocycles. The molecule has 3 N–H and O–H groups in total. The molecule has 0 bridgehead atoms. The van der Waals surface area contributed by atoms with E-state index in [1.807, 2.05) is 0 Å². The minimum atomic E-state index is -0.674. The molecule has 1 amide bonds. The smallest absolute Gasteiger partial charge is 0.305 e. The van der Waals surface area contributed by atoms with Crippen LogP contribution < -0.4 is 5.32 Å². The minimum absolute atomic E-state index is 0.0194. The van der Waals surface area contributed by atoms with E-state index in [0.717, 1.165) is 57.8 Å². The second kappa shape index (κ2) is 39.6. The third-order valence-corrected chi connectivity index (χ3v) is 10.2. The number of unbranched alkanes of at least 4 members (excludes halogenated alkanes) is 29. The SMILES string of the molecule is CCCCCCCCCCCCCC(=O)OCCCCCCCCCCCCC(=O)NC(CO)C(O)CCCCCCCCCCCCC. The summed E-state index contributed by atoms with van der Waals surface area (Å²) in [5.41, 5.74) is 0. The molecule has 49 heavy (non-hydrogen) atoms. The van der Waals surface area contributed by atoms with Gasteiger partial charge in [0.05, 0.1) is 25.4 Å². The predicted molar refractivity (Wildman–Crippen MR) is 209 cm³/mol. The van der Waals surface area contributed by atoms with Crippen molar-refractivity contribution >= 4 is 11.9 Å². The van der Waals surface area contributed by atoms with Crippen LogP contribution in [0.4, 0.5) is 0 Å². The van der Waals surface area contributed by atoms with Gasteiger partial charge in [0.15, 0.2) is 0 Å². The fourth-order valence-electron chi connectivity index (χ4n) is 6.75.